The molecule has 28 heavy (non-hydrogen) atoms. The molecule has 14 heteroatoms. The average molecular weight is 402 g/mol. The van der Waals surface area contributed by atoms with Gasteiger partial charge in [-0.1, -0.05) is 6.07 Å². The van der Waals surface area contributed by atoms with Gasteiger partial charge in [0, 0.05) is 29.3 Å². The summed E-state index contributed by atoms with van der Waals surface area (Å²) < 4.78 is 0. The number of hydrogen-bond acceptors (Lipinski definition) is 11. The van der Waals surface area contributed by atoms with E-state index in [-0.39, 0.29) is 22.9 Å². The van der Waals surface area contributed by atoms with Crippen LogP contribution in [0.2, 0.25) is 0 Å². The maximum absolute atomic E-state index is 12.2. The fraction of sp³-hybridized carbons (Fsp3) is 0. The van der Waals surface area contributed by atoms with E-state index in [4.69, 9.17) is 0 Å². The van der Waals surface area contributed by atoms with E-state index in [1.807, 2.05) is 0 Å². The van der Waals surface area contributed by atoms with Gasteiger partial charge in [-0.3, -0.25) is 35.9 Å². The van der Waals surface area contributed by atoms with Crippen LogP contribution in [-0.4, -0.2) is 30.7 Å². The van der Waals surface area contributed by atoms with Gasteiger partial charge in [0.2, 0.25) is 11.6 Å². The molecule has 0 bridgehead atoms. The van der Waals surface area contributed by atoms with Crippen LogP contribution in [0, 0.1) is 20.2 Å². The van der Waals surface area contributed by atoms with Gasteiger partial charge in [-0.2, -0.15) is 0 Å². The standard InChI is InChI=1S/C14H10N8O5S/c23-13(8-2-1-3-9(6-8)21(24)25)20-19-12-10(22(26)27)11(16-7-17-12)18-14-15-4-5-28-14/h1-7H,(H,20,23)(H2,15,16,17,18,19). The SMILES string of the molecule is O=C(NNc1ncnc(Nc2nccs2)c1[N+](=O)[O-])c1cccc([N+](=O)[O-])c1. The van der Waals surface area contributed by atoms with Crippen LogP contribution in [-0.2, 0) is 0 Å². The highest BCUT2D eigenvalue weighted by Gasteiger charge is 2.24. The number of thiazole rings is 1. The third-order valence-corrected chi connectivity index (χ3v) is 3.96. The summed E-state index contributed by atoms with van der Waals surface area (Å²) in [4.78, 5) is 44.6. The molecule has 3 N–H and O–H groups in total. The third-order valence-electron chi connectivity index (χ3n) is 3.28. The minimum absolute atomic E-state index is 0.0143. The minimum Gasteiger partial charge on any atom is -0.310 e. The molecule has 2 heterocycles. The number of benzene rings is 1. The lowest BCUT2D eigenvalue weighted by Gasteiger charge is -2.10. The van der Waals surface area contributed by atoms with Crippen molar-refractivity contribution in [3.8, 4) is 0 Å². The van der Waals surface area contributed by atoms with Gasteiger partial charge in [-0.15, -0.1) is 11.3 Å². The zero-order valence-corrected chi connectivity index (χ0v) is 14.5. The Labute approximate surface area is 159 Å². The van der Waals surface area contributed by atoms with Crippen molar-refractivity contribution in [1.82, 2.24) is 20.4 Å². The minimum atomic E-state index is -0.744. The zero-order valence-electron chi connectivity index (χ0n) is 13.7. The molecule has 0 saturated carbocycles. The lowest BCUT2D eigenvalue weighted by Crippen LogP contribution is -2.30. The highest BCUT2D eigenvalue weighted by Crippen LogP contribution is 2.31. The zero-order chi connectivity index (χ0) is 20.1. The number of nitrogens with zero attached hydrogens (tertiary/aromatic N) is 5. The predicted octanol–water partition coefficient (Wildman–Crippen LogP) is 2.25. The lowest BCUT2D eigenvalue weighted by molar-refractivity contribution is -0.384. The Morgan fingerprint density at radius 3 is 2.54 bits per heavy atom. The summed E-state index contributed by atoms with van der Waals surface area (Å²) in [5.41, 5.74) is 3.76. The Kier molecular flexibility index (Phi) is 5.31. The summed E-state index contributed by atoms with van der Waals surface area (Å²) in [5, 5.41) is 27.0. The molecule has 0 atom stereocenters. The molecule has 0 radical (unpaired) electrons. The van der Waals surface area contributed by atoms with Crippen molar-refractivity contribution in [1.29, 1.82) is 0 Å². The maximum Gasteiger partial charge on any atom is 0.355 e. The summed E-state index contributed by atoms with van der Waals surface area (Å²) in [6.07, 6.45) is 2.57. The number of carbonyl (C=O) groups excluding carboxylic acids is 1. The Hall–Kier alpha value is -4.20. The molecule has 0 unspecified atom stereocenters. The van der Waals surface area contributed by atoms with Gasteiger partial charge in [-0.25, -0.2) is 15.0 Å². The molecule has 1 amide bonds. The number of aromatic nitrogens is 3. The number of non-ortho nitro benzene ring substituents is 1. The van der Waals surface area contributed by atoms with E-state index in [1.165, 1.54) is 35.7 Å². The van der Waals surface area contributed by atoms with Gasteiger partial charge in [-0.05, 0) is 6.07 Å². The van der Waals surface area contributed by atoms with E-state index in [2.05, 4.69) is 31.1 Å². The van der Waals surface area contributed by atoms with Crippen molar-refractivity contribution in [2.24, 2.45) is 0 Å². The van der Waals surface area contributed by atoms with Crippen LogP contribution in [0.3, 0.4) is 0 Å². The summed E-state index contributed by atoms with van der Waals surface area (Å²) in [7, 11) is 0. The number of nitro benzene ring substituents is 1. The molecule has 0 saturated heterocycles. The summed E-state index contributed by atoms with van der Waals surface area (Å²) in [6, 6.07) is 5.00. The predicted molar refractivity (Wildman–Crippen MR) is 98.3 cm³/mol. The molecule has 1 aromatic carbocycles. The van der Waals surface area contributed by atoms with Crippen molar-refractivity contribution >= 4 is 45.4 Å². The van der Waals surface area contributed by atoms with Crippen molar-refractivity contribution in [2.75, 3.05) is 10.7 Å². The van der Waals surface area contributed by atoms with Crippen LogP contribution in [0.25, 0.3) is 0 Å². The molecular weight excluding hydrogens is 392 g/mol. The first kappa shape index (κ1) is 18.6. The van der Waals surface area contributed by atoms with E-state index in [0.29, 0.717) is 5.13 Å². The molecule has 3 rings (SSSR count). The fourth-order valence-electron chi connectivity index (χ4n) is 2.07. The van der Waals surface area contributed by atoms with Gasteiger partial charge in [0.05, 0.1) is 9.85 Å². The highest BCUT2D eigenvalue weighted by atomic mass is 32.1. The maximum atomic E-state index is 12.2. The van der Waals surface area contributed by atoms with Crippen molar-refractivity contribution in [2.45, 2.75) is 0 Å². The Morgan fingerprint density at radius 2 is 1.86 bits per heavy atom. The van der Waals surface area contributed by atoms with Crippen LogP contribution >= 0.6 is 11.3 Å². The number of carbonyl (C=O) groups is 1. The molecular formula is C14H10N8O5S. The van der Waals surface area contributed by atoms with Crippen LogP contribution < -0.4 is 16.2 Å². The number of hydrogen-bond donors (Lipinski definition) is 3. The Morgan fingerprint density at radius 1 is 1.07 bits per heavy atom. The number of anilines is 3. The smallest absolute Gasteiger partial charge is 0.310 e. The van der Waals surface area contributed by atoms with Crippen LogP contribution in [0.1, 0.15) is 10.4 Å². The topological polar surface area (TPSA) is 178 Å². The highest BCUT2D eigenvalue weighted by molar-refractivity contribution is 7.13. The molecule has 0 aliphatic rings. The lowest BCUT2D eigenvalue weighted by atomic mass is 10.2. The van der Waals surface area contributed by atoms with Crippen LogP contribution in [0.15, 0.2) is 42.2 Å². The summed E-state index contributed by atoms with van der Waals surface area (Å²) in [6.45, 7) is 0. The molecule has 13 nitrogen and oxygen atoms in total. The Balaban J connectivity index is 1.80. The van der Waals surface area contributed by atoms with Gasteiger partial charge >= 0.3 is 5.69 Å². The first-order valence-corrected chi connectivity index (χ1v) is 8.30. The molecule has 3 aromatic rings. The van der Waals surface area contributed by atoms with E-state index >= 15 is 0 Å². The number of rotatable bonds is 7. The van der Waals surface area contributed by atoms with Gasteiger partial charge in [0.15, 0.2) is 5.13 Å². The van der Waals surface area contributed by atoms with Gasteiger partial charge in [0.25, 0.3) is 11.6 Å². The molecule has 0 spiro atoms. The second-order valence-electron chi connectivity index (χ2n) is 5.03. The molecule has 0 aliphatic heterocycles. The van der Waals surface area contributed by atoms with Crippen molar-refractivity contribution in [3.05, 3.63) is 68.0 Å². The second-order valence-corrected chi connectivity index (χ2v) is 5.92. The van der Waals surface area contributed by atoms with E-state index in [1.54, 1.807) is 5.38 Å². The van der Waals surface area contributed by atoms with Crippen molar-refractivity contribution < 1.29 is 14.6 Å². The largest absolute Gasteiger partial charge is 0.355 e. The quantitative estimate of drug-likeness (QED) is 0.392. The van der Waals surface area contributed by atoms with E-state index < -0.39 is 21.4 Å². The number of nitro groups is 2. The number of hydrazine groups is 1. The third kappa shape index (κ3) is 4.13. The normalized spacial score (nSPS) is 10.1. The van der Waals surface area contributed by atoms with Crippen LogP contribution in [0.4, 0.5) is 28.1 Å². The summed E-state index contributed by atoms with van der Waals surface area (Å²) in [5.74, 6) is -1.15. The van der Waals surface area contributed by atoms with E-state index in [9.17, 15) is 25.0 Å². The second kappa shape index (κ2) is 8.00. The number of nitrogens with one attached hydrogen (secondary N) is 3. The average Bonchev–Trinajstić information content (AvgIpc) is 3.19. The van der Waals surface area contributed by atoms with Crippen LogP contribution in [0.5, 0.6) is 0 Å². The van der Waals surface area contributed by atoms with Crippen molar-refractivity contribution in [3.63, 3.8) is 0 Å². The molecule has 142 valence electrons. The molecule has 0 fully saturated rings. The first-order chi connectivity index (χ1) is 13.5. The first-order valence-electron chi connectivity index (χ1n) is 7.42. The monoisotopic (exact) mass is 402 g/mol. The van der Waals surface area contributed by atoms with Gasteiger partial charge in [0.1, 0.15) is 6.33 Å². The molecule has 0 aliphatic carbocycles. The van der Waals surface area contributed by atoms with E-state index in [0.717, 1.165) is 12.4 Å². The number of amides is 1. The Bertz CT molecular complexity index is 1040. The fourth-order valence-corrected chi connectivity index (χ4v) is 2.60. The summed E-state index contributed by atoms with van der Waals surface area (Å²) >= 11 is 1.21. The molecule has 2 aromatic heterocycles. The van der Waals surface area contributed by atoms with Gasteiger partial charge < -0.3 is 5.32 Å².